The lowest BCUT2D eigenvalue weighted by molar-refractivity contribution is -0.303. The number of rotatable bonds is 32. The topological polar surface area (TPSA) is 189 Å². The zero-order valence-electron chi connectivity index (χ0n) is 32.3. The van der Waals surface area contributed by atoms with Crippen LogP contribution in [-0.4, -0.2) is 110 Å². The van der Waals surface area contributed by atoms with Gasteiger partial charge >= 0.3 is 0 Å². The zero-order valence-corrected chi connectivity index (χ0v) is 32.3. The molecule has 0 spiro atoms. The van der Waals surface area contributed by atoms with Crippen LogP contribution in [0.3, 0.4) is 0 Å². The molecule has 1 aliphatic heterocycles. The van der Waals surface area contributed by atoms with Crippen molar-refractivity contribution in [2.24, 2.45) is 0 Å². The van der Waals surface area contributed by atoms with Crippen molar-refractivity contribution in [2.75, 3.05) is 13.2 Å². The van der Waals surface area contributed by atoms with E-state index in [1.807, 2.05) is 19.1 Å². The molecule has 9 atom stereocenters. The van der Waals surface area contributed by atoms with Crippen molar-refractivity contribution in [3.05, 3.63) is 36.5 Å². The molecule has 0 aromatic rings. The number of carbonyl (C=O) groups excluding carboxylic acids is 1. The molecule has 11 heteroatoms. The molecule has 1 amide bonds. The number of nitrogens with one attached hydrogen (secondary N) is 1. The number of ether oxygens (including phenoxy) is 2. The lowest BCUT2D eigenvalue weighted by Gasteiger charge is -2.40. The number of carbonyl (C=O) groups is 1. The van der Waals surface area contributed by atoms with Crippen molar-refractivity contribution >= 4 is 5.91 Å². The standard InChI is InChI=1S/C41H75NO10/c1-3-5-7-9-11-13-15-17-19-21-23-25-27-29-34(45)40(50)42-32(31-51-41-39(49)38(48)37(47)35(30-43)52-41)36(46)33(44)28-26-24-22-20-18-16-14-12-10-8-6-4-2/h4,6,12,14,20,22,32-39,41,43-49H,3,5,7-11,13,15-19,21,23-31H2,1-2H3,(H,42,50)/b6-4+,14-12+,22-20+. The normalized spacial score (nSPS) is 23.4. The summed E-state index contributed by atoms with van der Waals surface area (Å²) in [6.45, 7) is 3.16. The van der Waals surface area contributed by atoms with Gasteiger partial charge in [0, 0.05) is 0 Å². The van der Waals surface area contributed by atoms with Crippen molar-refractivity contribution in [1.82, 2.24) is 5.32 Å². The van der Waals surface area contributed by atoms with Crippen LogP contribution in [0.2, 0.25) is 0 Å². The third-order valence-electron chi connectivity index (χ3n) is 9.75. The van der Waals surface area contributed by atoms with Crippen molar-refractivity contribution in [3.63, 3.8) is 0 Å². The van der Waals surface area contributed by atoms with Gasteiger partial charge in [-0.3, -0.25) is 4.79 Å². The maximum atomic E-state index is 13.0. The minimum atomic E-state index is -1.67. The van der Waals surface area contributed by atoms with Crippen molar-refractivity contribution in [3.8, 4) is 0 Å². The molecule has 0 saturated carbocycles. The monoisotopic (exact) mass is 742 g/mol. The Labute approximate surface area is 314 Å². The van der Waals surface area contributed by atoms with Gasteiger partial charge in [-0.05, 0) is 58.3 Å². The van der Waals surface area contributed by atoms with Crippen LogP contribution in [0.4, 0.5) is 0 Å². The average molecular weight is 742 g/mol. The fraction of sp³-hybridized carbons (Fsp3) is 0.829. The van der Waals surface area contributed by atoms with Gasteiger partial charge in [0.2, 0.25) is 5.91 Å². The quantitative estimate of drug-likeness (QED) is 0.0333. The van der Waals surface area contributed by atoms with E-state index in [0.717, 1.165) is 44.9 Å². The van der Waals surface area contributed by atoms with E-state index in [9.17, 15) is 40.5 Å². The number of hydrogen-bond donors (Lipinski definition) is 8. The first kappa shape index (κ1) is 48.3. The molecule has 0 aromatic carbocycles. The summed E-state index contributed by atoms with van der Waals surface area (Å²) in [5.74, 6) is -0.716. The Hall–Kier alpha value is -1.67. The molecule has 304 valence electrons. The number of aliphatic hydroxyl groups excluding tert-OH is 7. The van der Waals surface area contributed by atoms with E-state index < -0.39 is 74.2 Å². The van der Waals surface area contributed by atoms with Gasteiger partial charge in [-0.1, -0.05) is 127 Å². The van der Waals surface area contributed by atoms with E-state index >= 15 is 0 Å². The van der Waals surface area contributed by atoms with E-state index in [2.05, 4.69) is 36.5 Å². The summed E-state index contributed by atoms with van der Waals surface area (Å²) >= 11 is 0. The van der Waals surface area contributed by atoms with Crippen molar-refractivity contribution in [2.45, 2.75) is 204 Å². The summed E-state index contributed by atoms with van der Waals surface area (Å²) in [6, 6.07) is -1.19. The molecule has 11 nitrogen and oxygen atoms in total. The first-order chi connectivity index (χ1) is 25.2. The maximum Gasteiger partial charge on any atom is 0.249 e. The third kappa shape index (κ3) is 21.9. The zero-order chi connectivity index (χ0) is 38.4. The summed E-state index contributed by atoms with van der Waals surface area (Å²) in [7, 11) is 0. The van der Waals surface area contributed by atoms with Gasteiger partial charge in [-0.2, -0.15) is 0 Å². The SMILES string of the molecule is C/C=C/CC/C=C/CC/C=C/CCCC(O)C(O)C(COC1OC(CO)C(O)C(O)C1O)NC(=O)C(O)CCCCCCCCCCCCCCC. The second-order valence-corrected chi connectivity index (χ2v) is 14.3. The Kier molecular flexibility index (Phi) is 29.4. The minimum absolute atomic E-state index is 0.240. The highest BCUT2D eigenvalue weighted by atomic mass is 16.7. The van der Waals surface area contributed by atoms with Gasteiger partial charge in [0.25, 0.3) is 0 Å². The molecule has 0 aliphatic carbocycles. The van der Waals surface area contributed by atoms with Crippen LogP contribution >= 0.6 is 0 Å². The first-order valence-corrected chi connectivity index (χ1v) is 20.4. The molecule has 8 N–H and O–H groups in total. The van der Waals surface area contributed by atoms with Gasteiger partial charge in [-0.15, -0.1) is 0 Å². The number of allylic oxidation sites excluding steroid dienone is 6. The van der Waals surface area contributed by atoms with Crippen LogP contribution < -0.4 is 5.32 Å². The molecule has 1 aliphatic rings. The Bertz CT molecular complexity index is 945. The second kappa shape index (κ2) is 31.7. The van der Waals surface area contributed by atoms with Crippen molar-refractivity contribution < 1.29 is 50.0 Å². The van der Waals surface area contributed by atoms with E-state index in [0.29, 0.717) is 19.3 Å². The fourth-order valence-electron chi connectivity index (χ4n) is 6.30. The molecule has 1 fully saturated rings. The first-order valence-electron chi connectivity index (χ1n) is 20.4. The maximum absolute atomic E-state index is 13.0. The smallest absolute Gasteiger partial charge is 0.249 e. The number of amides is 1. The van der Waals surface area contributed by atoms with E-state index in [-0.39, 0.29) is 12.8 Å². The van der Waals surface area contributed by atoms with Gasteiger partial charge in [-0.25, -0.2) is 0 Å². The van der Waals surface area contributed by atoms with Crippen LogP contribution in [0.1, 0.15) is 149 Å². The van der Waals surface area contributed by atoms with Crippen molar-refractivity contribution in [1.29, 1.82) is 0 Å². The number of aliphatic hydroxyl groups is 7. The highest BCUT2D eigenvalue weighted by molar-refractivity contribution is 5.80. The summed E-state index contributed by atoms with van der Waals surface area (Å²) in [5, 5.41) is 75.2. The van der Waals surface area contributed by atoms with E-state index in [4.69, 9.17) is 9.47 Å². The van der Waals surface area contributed by atoms with Crippen LogP contribution in [-0.2, 0) is 14.3 Å². The Morgan fingerprint density at radius 3 is 1.75 bits per heavy atom. The summed E-state index contributed by atoms with van der Waals surface area (Å²) in [4.78, 5) is 13.0. The average Bonchev–Trinajstić information content (AvgIpc) is 3.14. The number of unbranched alkanes of at least 4 members (excludes halogenated alkanes) is 15. The highest BCUT2D eigenvalue weighted by Gasteiger charge is 2.44. The molecule has 9 unspecified atom stereocenters. The molecular formula is C41H75NO10. The largest absolute Gasteiger partial charge is 0.394 e. The predicted molar refractivity (Wildman–Crippen MR) is 205 cm³/mol. The Balaban J connectivity index is 2.57. The van der Waals surface area contributed by atoms with E-state index in [1.165, 1.54) is 57.8 Å². The lowest BCUT2D eigenvalue weighted by Crippen LogP contribution is -2.60. The van der Waals surface area contributed by atoms with Gasteiger partial charge < -0.3 is 50.5 Å². The van der Waals surface area contributed by atoms with Crippen LogP contribution in [0.5, 0.6) is 0 Å². The number of hydrogen-bond acceptors (Lipinski definition) is 10. The Morgan fingerprint density at radius 2 is 1.21 bits per heavy atom. The van der Waals surface area contributed by atoms with Gasteiger partial charge in [0.1, 0.15) is 36.6 Å². The van der Waals surface area contributed by atoms with Crippen LogP contribution in [0.25, 0.3) is 0 Å². The summed E-state index contributed by atoms with van der Waals surface area (Å²) in [6.07, 6.45) is 22.2. The lowest BCUT2D eigenvalue weighted by atomic mass is 9.98. The third-order valence-corrected chi connectivity index (χ3v) is 9.75. The Morgan fingerprint density at radius 1 is 0.692 bits per heavy atom. The summed E-state index contributed by atoms with van der Waals surface area (Å²) < 4.78 is 11.0. The van der Waals surface area contributed by atoms with Crippen LogP contribution in [0.15, 0.2) is 36.5 Å². The molecule has 0 aromatic heterocycles. The molecule has 52 heavy (non-hydrogen) atoms. The molecule has 1 heterocycles. The molecule has 1 saturated heterocycles. The predicted octanol–water partition coefficient (Wildman–Crippen LogP) is 5.27. The van der Waals surface area contributed by atoms with Crippen LogP contribution in [0, 0.1) is 0 Å². The summed E-state index contributed by atoms with van der Waals surface area (Å²) in [5.41, 5.74) is 0. The molecule has 0 radical (unpaired) electrons. The molecular weight excluding hydrogens is 666 g/mol. The fourth-order valence-corrected chi connectivity index (χ4v) is 6.30. The van der Waals surface area contributed by atoms with Gasteiger partial charge in [0.05, 0.1) is 25.4 Å². The molecule has 0 bridgehead atoms. The second-order valence-electron chi connectivity index (χ2n) is 14.3. The van der Waals surface area contributed by atoms with E-state index in [1.54, 1.807) is 0 Å². The highest BCUT2D eigenvalue weighted by Crippen LogP contribution is 2.23. The van der Waals surface area contributed by atoms with Gasteiger partial charge in [0.15, 0.2) is 6.29 Å². The minimum Gasteiger partial charge on any atom is -0.394 e. The molecule has 1 rings (SSSR count).